The van der Waals surface area contributed by atoms with Crippen molar-refractivity contribution in [1.82, 2.24) is 15.8 Å². The molecule has 0 unspecified atom stereocenters. The van der Waals surface area contributed by atoms with Crippen molar-refractivity contribution in [2.45, 2.75) is 71.5 Å². The highest BCUT2D eigenvalue weighted by Crippen LogP contribution is 2.38. The Morgan fingerprint density at radius 2 is 1.80 bits per heavy atom. The predicted octanol–water partition coefficient (Wildman–Crippen LogP) is 5.66. The van der Waals surface area contributed by atoms with Crippen LogP contribution in [0.2, 0.25) is 0 Å². The summed E-state index contributed by atoms with van der Waals surface area (Å²) < 4.78 is 11.6. The normalized spacial score (nSPS) is 16.9. The van der Waals surface area contributed by atoms with Crippen molar-refractivity contribution in [2.24, 2.45) is 0 Å². The van der Waals surface area contributed by atoms with Crippen LogP contribution in [0.1, 0.15) is 67.9 Å². The third kappa shape index (κ3) is 5.39. The molecule has 2 aromatic carbocycles. The monoisotopic (exact) mass is 472 g/mol. The molecule has 2 heterocycles. The molecule has 4 rings (SSSR count). The number of aromatic nitrogens is 1. The van der Waals surface area contributed by atoms with E-state index in [1.807, 2.05) is 26.0 Å². The molecule has 7 nitrogen and oxygen atoms in total. The molecule has 0 atom stereocenters. The highest BCUT2D eigenvalue weighted by Gasteiger charge is 2.38. The van der Waals surface area contributed by atoms with Gasteiger partial charge in [-0.15, -0.1) is 0 Å². The Labute approximate surface area is 206 Å². The van der Waals surface area contributed by atoms with Crippen LogP contribution in [0, 0.1) is 25.2 Å². The van der Waals surface area contributed by atoms with Gasteiger partial charge in [0.25, 0.3) is 5.91 Å². The maximum Gasteiger partial charge on any atom is 0.251 e. The largest absolute Gasteiger partial charge is 0.455 e. The van der Waals surface area contributed by atoms with Gasteiger partial charge in [-0.2, -0.15) is 5.26 Å². The van der Waals surface area contributed by atoms with E-state index in [1.165, 1.54) is 0 Å². The van der Waals surface area contributed by atoms with E-state index in [1.54, 1.807) is 30.3 Å². The van der Waals surface area contributed by atoms with Crippen LogP contribution in [0.4, 0.5) is 0 Å². The molecule has 35 heavy (non-hydrogen) atoms. The first kappa shape index (κ1) is 24.5. The van der Waals surface area contributed by atoms with Crippen LogP contribution in [0.15, 0.2) is 47.0 Å². The minimum absolute atomic E-state index is 0.0506. The Kier molecular flexibility index (Phi) is 6.44. The van der Waals surface area contributed by atoms with Gasteiger partial charge in [0.15, 0.2) is 0 Å². The fourth-order valence-electron chi connectivity index (χ4n) is 5.28. The molecule has 0 bridgehead atoms. The lowest BCUT2D eigenvalue weighted by molar-refractivity contribution is 0.0873. The van der Waals surface area contributed by atoms with Gasteiger partial charge in [-0.3, -0.25) is 4.79 Å². The van der Waals surface area contributed by atoms with Gasteiger partial charge in [0.05, 0.1) is 16.8 Å². The zero-order valence-electron chi connectivity index (χ0n) is 21.2. The number of para-hydroxylation sites is 1. The van der Waals surface area contributed by atoms with E-state index in [2.05, 4.69) is 49.6 Å². The van der Waals surface area contributed by atoms with Crippen molar-refractivity contribution in [3.63, 3.8) is 0 Å². The van der Waals surface area contributed by atoms with E-state index < -0.39 is 0 Å². The number of rotatable bonds is 5. The summed E-state index contributed by atoms with van der Waals surface area (Å²) in [6.45, 7) is 12.3. The Balaban J connectivity index is 1.69. The summed E-state index contributed by atoms with van der Waals surface area (Å²) in [4.78, 5) is 13.3. The molecule has 0 aliphatic carbocycles. The van der Waals surface area contributed by atoms with E-state index in [0.717, 1.165) is 18.4 Å². The van der Waals surface area contributed by atoms with Gasteiger partial charge < -0.3 is 19.9 Å². The SMILES string of the molecule is Cc1noc(C)c1-c1cc(C(=O)NC2CC(C)(C)NC(C)(C)C2)ccc1Oc1ccccc1C#N. The van der Waals surface area contributed by atoms with Crippen LogP contribution in [-0.2, 0) is 0 Å². The highest BCUT2D eigenvalue weighted by molar-refractivity contribution is 5.96. The molecule has 1 saturated heterocycles. The van der Waals surface area contributed by atoms with Crippen molar-refractivity contribution in [2.75, 3.05) is 0 Å². The lowest BCUT2D eigenvalue weighted by atomic mass is 9.79. The van der Waals surface area contributed by atoms with Crippen LogP contribution >= 0.6 is 0 Å². The van der Waals surface area contributed by atoms with Gasteiger partial charge in [0.1, 0.15) is 23.3 Å². The number of nitriles is 1. The molecule has 182 valence electrons. The number of hydrogen-bond donors (Lipinski definition) is 2. The van der Waals surface area contributed by atoms with E-state index in [0.29, 0.717) is 39.6 Å². The van der Waals surface area contributed by atoms with Crippen LogP contribution in [0.3, 0.4) is 0 Å². The van der Waals surface area contributed by atoms with Gasteiger partial charge in [0, 0.05) is 28.2 Å². The van der Waals surface area contributed by atoms with Gasteiger partial charge in [-0.05, 0) is 84.7 Å². The molecule has 0 saturated carbocycles. The number of carbonyl (C=O) groups excluding carboxylic acids is 1. The van der Waals surface area contributed by atoms with Crippen LogP contribution < -0.4 is 15.4 Å². The average Bonchev–Trinajstić information content (AvgIpc) is 3.10. The maximum absolute atomic E-state index is 13.3. The Morgan fingerprint density at radius 1 is 1.11 bits per heavy atom. The Morgan fingerprint density at radius 3 is 2.43 bits per heavy atom. The maximum atomic E-state index is 13.3. The zero-order chi connectivity index (χ0) is 25.4. The zero-order valence-corrected chi connectivity index (χ0v) is 21.2. The van der Waals surface area contributed by atoms with Crippen LogP contribution in [0.25, 0.3) is 11.1 Å². The first-order chi connectivity index (χ1) is 16.5. The number of benzene rings is 2. The quantitative estimate of drug-likeness (QED) is 0.497. The summed E-state index contributed by atoms with van der Waals surface area (Å²) in [5, 5.41) is 20.4. The van der Waals surface area contributed by atoms with Gasteiger partial charge in [-0.25, -0.2) is 0 Å². The van der Waals surface area contributed by atoms with Crippen LogP contribution in [-0.4, -0.2) is 28.2 Å². The first-order valence-electron chi connectivity index (χ1n) is 11.8. The van der Waals surface area contributed by atoms with Crippen molar-refractivity contribution < 1.29 is 14.1 Å². The van der Waals surface area contributed by atoms with E-state index in [-0.39, 0.29) is 23.0 Å². The second-order valence-corrected chi connectivity index (χ2v) is 10.6. The lowest BCUT2D eigenvalue weighted by Gasteiger charge is -2.46. The molecule has 3 aromatic rings. The molecule has 1 aliphatic heterocycles. The topological polar surface area (TPSA) is 100 Å². The highest BCUT2D eigenvalue weighted by atomic mass is 16.5. The minimum Gasteiger partial charge on any atom is -0.455 e. The predicted molar refractivity (Wildman–Crippen MR) is 134 cm³/mol. The summed E-state index contributed by atoms with van der Waals surface area (Å²) in [5.74, 6) is 1.45. The summed E-state index contributed by atoms with van der Waals surface area (Å²) in [7, 11) is 0. The summed E-state index contributed by atoms with van der Waals surface area (Å²) in [5.41, 5.74) is 2.95. The number of ether oxygens (including phenoxy) is 1. The number of piperidine rings is 1. The number of carbonyl (C=O) groups is 1. The number of hydrogen-bond acceptors (Lipinski definition) is 6. The molecular formula is C28H32N4O3. The van der Waals surface area contributed by atoms with Gasteiger partial charge >= 0.3 is 0 Å². The summed E-state index contributed by atoms with van der Waals surface area (Å²) >= 11 is 0. The molecule has 0 spiro atoms. The molecule has 1 amide bonds. The van der Waals surface area contributed by atoms with Gasteiger partial charge in [-0.1, -0.05) is 17.3 Å². The summed E-state index contributed by atoms with van der Waals surface area (Å²) in [6, 6.07) is 14.6. The van der Waals surface area contributed by atoms with Crippen molar-refractivity contribution in [1.29, 1.82) is 5.26 Å². The van der Waals surface area contributed by atoms with E-state index >= 15 is 0 Å². The standard InChI is InChI=1S/C28H32N4O3/c1-17-25(18(2)35-31-17)22-13-19(11-12-24(22)34-23-10-8-7-9-20(23)16-29)26(33)30-21-14-27(3,4)32-28(5,6)15-21/h7-13,21,32H,14-15H2,1-6H3,(H,30,33). The number of nitrogens with one attached hydrogen (secondary N) is 2. The third-order valence-electron chi connectivity index (χ3n) is 6.30. The minimum atomic E-state index is -0.138. The summed E-state index contributed by atoms with van der Waals surface area (Å²) in [6.07, 6.45) is 1.68. The second kappa shape index (κ2) is 9.20. The smallest absolute Gasteiger partial charge is 0.251 e. The first-order valence-corrected chi connectivity index (χ1v) is 11.8. The number of nitrogens with zero attached hydrogens (tertiary/aromatic N) is 2. The van der Waals surface area contributed by atoms with Crippen molar-refractivity contribution in [3.8, 4) is 28.7 Å². The van der Waals surface area contributed by atoms with E-state index in [4.69, 9.17) is 9.26 Å². The molecule has 7 heteroatoms. The molecule has 1 fully saturated rings. The number of amides is 1. The Bertz CT molecular complexity index is 1260. The van der Waals surface area contributed by atoms with Crippen LogP contribution in [0.5, 0.6) is 11.5 Å². The molecule has 1 aliphatic rings. The van der Waals surface area contributed by atoms with E-state index in [9.17, 15) is 10.1 Å². The number of aryl methyl sites for hydroxylation is 2. The van der Waals surface area contributed by atoms with Gasteiger partial charge in [0.2, 0.25) is 0 Å². The average molecular weight is 473 g/mol. The molecule has 2 N–H and O–H groups in total. The fourth-order valence-corrected chi connectivity index (χ4v) is 5.28. The lowest BCUT2D eigenvalue weighted by Crippen LogP contribution is -2.62. The van der Waals surface area contributed by atoms with Crippen molar-refractivity contribution >= 4 is 5.91 Å². The van der Waals surface area contributed by atoms with Crippen molar-refractivity contribution in [3.05, 3.63) is 65.0 Å². The Hall–Kier alpha value is -3.63. The molecular weight excluding hydrogens is 440 g/mol. The second-order valence-electron chi connectivity index (χ2n) is 10.6. The fraction of sp³-hybridized carbons (Fsp3) is 0.393. The third-order valence-corrected chi connectivity index (χ3v) is 6.30. The molecule has 1 aromatic heterocycles. The molecule has 0 radical (unpaired) electrons.